The molecule has 100 valence electrons. The van der Waals surface area contributed by atoms with Crippen molar-refractivity contribution in [3.63, 3.8) is 0 Å². The molecule has 1 fully saturated rings. The number of hydrogen-bond acceptors (Lipinski definition) is 4. The van der Waals surface area contributed by atoms with Gasteiger partial charge in [-0.25, -0.2) is 4.98 Å². The first-order chi connectivity index (χ1) is 9.33. The van der Waals surface area contributed by atoms with Crippen molar-refractivity contribution in [2.24, 2.45) is 5.73 Å². The van der Waals surface area contributed by atoms with Gasteiger partial charge in [-0.15, -0.1) is 0 Å². The molecule has 0 saturated heterocycles. The maximum Gasteiger partial charge on any atom is 0.317 e. The molecule has 2 N–H and O–H groups in total. The van der Waals surface area contributed by atoms with Crippen molar-refractivity contribution < 1.29 is 4.74 Å². The average Bonchev–Trinajstić information content (AvgIpc) is 2.64. The molecule has 1 aromatic heterocycles. The fraction of sp³-hybridized carbons (Fsp3) is 0.467. The molecule has 2 atom stereocenters. The molecule has 19 heavy (non-hydrogen) atoms. The second kappa shape index (κ2) is 5.53. The third-order valence-electron chi connectivity index (χ3n) is 3.73. The average molecular weight is 257 g/mol. The number of ether oxygens (including phenoxy) is 1. The van der Waals surface area contributed by atoms with Crippen LogP contribution < -0.4 is 10.5 Å². The quantitative estimate of drug-likeness (QED) is 0.840. The van der Waals surface area contributed by atoms with Crippen LogP contribution in [0.2, 0.25) is 0 Å². The van der Waals surface area contributed by atoms with E-state index in [0.717, 1.165) is 23.7 Å². The molecule has 1 saturated carbocycles. The van der Waals surface area contributed by atoms with Gasteiger partial charge in [-0.05, 0) is 25.3 Å². The van der Waals surface area contributed by atoms with Gasteiger partial charge in [-0.3, -0.25) is 0 Å². The molecule has 0 radical (unpaired) electrons. The van der Waals surface area contributed by atoms with Crippen LogP contribution in [0, 0.1) is 0 Å². The van der Waals surface area contributed by atoms with Gasteiger partial charge in [0.25, 0.3) is 0 Å². The third-order valence-corrected chi connectivity index (χ3v) is 3.73. The first-order valence-corrected chi connectivity index (χ1v) is 6.97. The molecule has 1 aliphatic rings. The Morgan fingerprint density at radius 3 is 2.89 bits per heavy atom. The Morgan fingerprint density at radius 1 is 1.11 bits per heavy atom. The highest BCUT2D eigenvalue weighted by Gasteiger charge is 2.22. The lowest BCUT2D eigenvalue weighted by molar-refractivity contribution is 0.149. The van der Waals surface area contributed by atoms with Crippen LogP contribution in [-0.2, 0) is 0 Å². The van der Waals surface area contributed by atoms with Crippen molar-refractivity contribution in [1.29, 1.82) is 0 Å². The third kappa shape index (κ3) is 2.84. The van der Waals surface area contributed by atoms with Crippen LogP contribution in [0.3, 0.4) is 0 Å². The van der Waals surface area contributed by atoms with Crippen molar-refractivity contribution in [2.75, 3.05) is 0 Å². The summed E-state index contributed by atoms with van der Waals surface area (Å²) in [6.45, 7) is 0. The number of benzene rings is 1. The minimum absolute atomic E-state index is 0.0451. The maximum absolute atomic E-state index is 6.16. The summed E-state index contributed by atoms with van der Waals surface area (Å²) in [5, 5.41) is 1.03. The smallest absolute Gasteiger partial charge is 0.317 e. The highest BCUT2D eigenvalue weighted by atomic mass is 16.5. The Bertz CT molecular complexity index is 558. The molecule has 4 nitrogen and oxygen atoms in total. The fourth-order valence-electron chi connectivity index (χ4n) is 2.60. The Balaban J connectivity index is 1.80. The normalized spacial score (nSPS) is 24.1. The summed E-state index contributed by atoms with van der Waals surface area (Å²) >= 11 is 0. The first kappa shape index (κ1) is 12.4. The summed E-state index contributed by atoms with van der Waals surface area (Å²) in [4.78, 5) is 8.72. The number of nitrogens with zero attached hydrogens (tertiary/aromatic N) is 2. The van der Waals surface area contributed by atoms with E-state index in [0.29, 0.717) is 6.01 Å². The van der Waals surface area contributed by atoms with E-state index in [9.17, 15) is 0 Å². The van der Waals surface area contributed by atoms with Gasteiger partial charge < -0.3 is 10.5 Å². The van der Waals surface area contributed by atoms with Crippen molar-refractivity contribution in [2.45, 2.75) is 44.2 Å². The lowest BCUT2D eigenvalue weighted by Crippen LogP contribution is -2.38. The molecule has 1 aliphatic carbocycles. The van der Waals surface area contributed by atoms with E-state index in [2.05, 4.69) is 9.97 Å². The van der Waals surface area contributed by atoms with Crippen molar-refractivity contribution >= 4 is 10.9 Å². The summed E-state index contributed by atoms with van der Waals surface area (Å²) < 4.78 is 5.91. The number of rotatable bonds is 2. The largest absolute Gasteiger partial charge is 0.458 e. The van der Waals surface area contributed by atoms with Crippen LogP contribution in [0.15, 0.2) is 30.5 Å². The number of nitrogens with two attached hydrogens (primary N) is 1. The molecule has 3 rings (SSSR count). The van der Waals surface area contributed by atoms with E-state index < -0.39 is 0 Å². The summed E-state index contributed by atoms with van der Waals surface area (Å²) in [6, 6.07) is 8.45. The van der Waals surface area contributed by atoms with Gasteiger partial charge in [-0.1, -0.05) is 31.0 Å². The number of hydrogen-bond donors (Lipinski definition) is 1. The van der Waals surface area contributed by atoms with Gasteiger partial charge in [0, 0.05) is 17.6 Å². The highest BCUT2D eigenvalue weighted by Crippen LogP contribution is 2.21. The second-order valence-electron chi connectivity index (χ2n) is 5.17. The zero-order valence-electron chi connectivity index (χ0n) is 11.0. The molecule has 0 bridgehead atoms. The minimum atomic E-state index is 0.0451. The molecule has 2 aromatic rings. The fourth-order valence-corrected chi connectivity index (χ4v) is 2.60. The van der Waals surface area contributed by atoms with Gasteiger partial charge in [0.1, 0.15) is 6.10 Å². The van der Waals surface area contributed by atoms with E-state index in [-0.39, 0.29) is 12.1 Å². The van der Waals surface area contributed by atoms with Crippen LogP contribution in [0.5, 0.6) is 6.01 Å². The van der Waals surface area contributed by atoms with Crippen molar-refractivity contribution in [3.8, 4) is 6.01 Å². The lowest BCUT2D eigenvalue weighted by Gasteiger charge is -2.21. The van der Waals surface area contributed by atoms with Crippen LogP contribution in [0.4, 0.5) is 0 Å². The molecule has 0 spiro atoms. The molecule has 2 unspecified atom stereocenters. The number of aromatic nitrogens is 2. The Labute approximate surface area is 113 Å². The molecular weight excluding hydrogens is 238 g/mol. The summed E-state index contributed by atoms with van der Waals surface area (Å²) in [7, 11) is 0. The molecule has 4 heteroatoms. The molecule has 1 aromatic carbocycles. The van der Waals surface area contributed by atoms with Crippen LogP contribution in [0.25, 0.3) is 10.9 Å². The van der Waals surface area contributed by atoms with Gasteiger partial charge in [0.2, 0.25) is 0 Å². The molecule has 0 amide bonds. The predicted molar refractivity (Wildman–Crippen MR) is 75.0 cm³/mol. The zero-order valence-corrected chi connectivity index (χ0v) is 11.0. The monoisotopic (exact) mass is 257 g/mol. The maximum atomic E-state index is 6.16. The Morgan fingerprint density at radius 2 is 1.95 bits per heavy atom. The first-order valence-electron chi connectivity index (χ1n) is 6.97. The number of para-hydroxylation sites is 1. The summed E-state index contributed by atoms with van der Waals surface area (Å²) in [6.07, 6.45) is 7.48. The number of fused-ring (bicyclic) bond motifs is 1. The molecule has 0 aliphatic heterocycles. The zero-order chi connectivity index (χ0) is 13.1. The second-order valence-corrected chi connectivity index (χ2v) is 5.17. The van der Waals surface area contributed by atoms with Gasteiger partial charge in [-0.2, -0.15) is 4.98 Å². The van der Waals surface area contributed by atoms with Crippen LogP contribution in [0.1, 0.15) is 32.1 Å². The highest BCUT2D eigenvalue weighted by molar-refractivity contribution is 5.77. The van der Waals surface area contributed by atoms with Gasteiger partial charge in [0.15, 0.2) is 0 Å². The Hall–Kier alpha value is -1.68. The van der Waals surface area contributed by atoms with Crippen molar-refractivity contribution in [1.82, 2.24) is 9.97 Å². The lowest BCUT2D eigenvalue weighted by atomic mass is 10.1. The van der Waals surface area contributed by atoms with E-state index in [1.807, 2.05) is 24.3 Å². The standard InChI is InChI=1S/C15H19N3O/c16-12-7-2-1-3-9-14(12)19-15-17-10-11-6-4-5-8-13(11)18-15/h4-6,8,10,12,14H,1-3,7,9,16H2. The minimum Gasteiger partial charge on any atom is -0.458 e. The van der Waals surface area contributed by atoms with Crippen LogP contribution in [-0.4, -0.2) is 22.1 Å². The SMILES string of the molecule is NC1CCCCCC1Oc1ncc2ccccc2n1. The summed E-state index contributed by atoms with van der Waals surface area (Å²) in [5.41, 5.74) is 7.07. The van der Waals surface area contributed by atoms with E-state index in [1.54, 1.807) is 6.20 Å². The van der Waals surface area contributed by atoms with E-state index >= 15 is 0 Å². The van der Waals surface area contributed by atoms with E-state index in [4.69, 9.17) is 10.5 Å². The van der Waals surface area contributed by atoms with E-state index in [1.165, 1.54) is 19.3 Å². The predicted octanol–water partition coefficient (Wildman–Crippen LogP) is 2.67. The van der Waals surface area contributed by atoms with Crippen molar-refractivity contribution in [3.05, 3.63) is 30.5 Å². The van der Waals surface area contributed by atoms with Gasteiger partial charge in [0.05, 0.1) is 5.52 Å². The molecular formula is C15H19N3O. The van der Waals surface area contributed by atoms with Gasteiger partial charge >= 0.3 is 6.01 Å². The summed E-state index contributed by atoms with van der Waals surface area (Å²) in [5.74, 6) is 0. The topological polar surface area (TPSA) is 61.0 Å². The Kier molecular flexibility index (Phi) is 3.60. The van der Waals surface area contributed by atoms with Crippen LogP contribution >= 0.6 is 0 Å². The molecule has 1 heterocycles.